The van der Waals surface area contributed by atoms with E-state index in [1.54, 1.807) is 13.2 Å². The first-order valence-corrected chi connectivity index (χ1v) is 10.0. The fraction of sp³-hybridized carbons (Fsp3) is 0.333. The summed E-state index contributed by atoms with van der Waals surface area (Å²) in [5.74, 6) is 0. The van der Waals surface area contributed by atoms with Gasteiger partial charge in [0.2, 0.25) is 0 Å². The number of rotatable bonds is 10. The topological polar surface area (TPSA) is 17.4 Å². The summed E-state index contributed by atoms with van der Waals surface area (Å²) in [5, 5.41) is 0. The van der Waals surface area contributed by atoms with Crippen molar-refractivity contribution >= 4 is 0 Å². The molecule has 0 fully saturated rings. The molecule has 0 spiro atoms. The molecule has 2 aromatic carbocycles. The van der Waals surface area contributed by atoms with Crippen LogP contribution in [-0.2, 0) is 30.5 Å². The van der Waals surface area contributed by atoms with Crippen molar-refractivity contribution in [2.75, 3.05) is 20.3 Å². The molecule has 30 heavy (non-hydrogen) atoms. The Morgan fingerprint density at radius 1 is 0.900 bits per heavy atom. The molecule has 0 radical (unpaired) electrons. The zero-order valence-corrected chi connectivity index (χ0v) is 17.1. The summed E-state index contributed by atoms with van der Waals surface area (Å²) in [6, 6.07) is 19.8. The lowest BCUT2D eigenvalue weighted by Gasteiger charge is -2.23. The van der Waals surface area contributed by atoms with Gasteiger partial charge in [0.1, 0.15) is 0 Å². The van der Waals surface area contributed by atoms with Crippen molar-refractivity contribution in [2.45, 2.75) is 32.2 Å². The number of hydrogen-bond donors (Lipinski definition) is 0. The number of hydrogen-bond acceptors (Lipinski definition) is 2. The van der Waals surface area contributed by atoms with Gasteiger partial charge in [-0.2, -0.15) is 13.2 Å². The molecule has 0 unspecified atom stereocenters. The van der Waals surface area contributed by atoms with Gasteiger partial charge in [0.25, 0.3) is 0 Å². The Balaban J connectivity index is 1.73. The predicted molar refractivity (Wildman–Crippen MR) is 112 cm³/mol. The fourth-order valence-corrected chi connectivity index (χ4v) is 3.51. The first-order valence-electron chi connectivity index (χ1n) is 10.0. The van der Waals surface area contributed by atoms with Crippen molar-refractivity contribution in [1.29, 1.82) is 0 Å². The van der Waals surface area contributed by atoms with Crippen molar-refractivity contribution in [2.24, 2.45) is 0 Å². The van der Waals surface area contributed by atoms with Crippen LogP contribution in [0.4, 0.5) is 13.2 Å². The first kappa shape index (κ1) is 22.1. The maximum absolute atomic E-state index is 13.0. The summed E-state index contributed by atoms with van der Waals surface area (Å²) in [7, 11) is 1.70. The molecule has 0 amide bonds. The van der Waals surface area contributed by atoms with Crippen molar-refractivity contribution in [3.8, 4) is 0 Å². The van der Waals surface area contributed by atoms with Crippen LogP contribution in [0.5, 0.6) is 0 Å². The molecular weight excluding hydrogens is 389 g/mol. The third-order valence-electron chi connectivity index (χ3n) is 4.99. The average Bonchev–Trinajstić information content (AvgIpc) is 3.15. The third-order valence-corrected chi connectivity index (χ3v) is 4.99. The Hall–Kier alpha value is -2.57. The van der Waals surface area contributed by atoms with E-state index in [1.165, 1.54) is 17.7 Å². The van der Waals surface area contributed by atoms with Gasteiger partial charge in [0.05, 0.1) is 5.56 Å². The second kappa shape index (κ2) is 10.5. The monoisotopic (exact) mass is 416 g/mol. The summed E-state index contributed by atoms with van der Waals surface area (Å²) in [6.45, 7) is 3.49. The van der Waals surface area contributed by atoms with Gasteiger partial charge in [-0.3, -0.25) is 4.90 Å². The first-order chi connectivity index (χ1) is 14.5. The van der Waals surface area contributed by atoms with Gasteiger partial charge in [-0.25, -0.2) is 0 Å². The number of alkyl halides is 3. The highest BCUT2D eigenvalue weighted by Crippen LogP contribution is 2.29. The van der Waals surface area contributed by atoms with E-state index in [0.29, 0.717) is 25.3 Å². The Kier molecular flexibility index (Phi) is 7.71. The summed E-state index contributed by atoms with van der Waals surface area (Å²) >= 11 is 0. The van der Waals surface area contributed by atoms with Crippen LogP contribution in [0.3, 0.4) is 0 Å². The molecule has 6 heteroatoms. The molecule has 0 N–H and O–H groups in total. The number of methoxy groups -OCH3 is 1. The van der Waals surface area contributed by atoms with Crippen molar-refractivity contribution in [3.63, 3.8) is 0 Å². The average molecular weight is 416 g/mol. The van der Waals surface area contributed by atoms with E-state index in [2.05, 4.69) is 17.0 Å². The van der Waals surface area contributed by atoms with Crippen molar-refractivity contribution < 1.29 is 17.9 Å². The molecule has 0 saturated heterocycles. The number of aromatic nitrogens is 1. The van der Waals surface area contributed by atoms with E-state index in [4.69, 9.17) is 4.74 Å². The highest BCUT2D eigenvalue weighted by atomic mass is 19.4. The molecule has 1 heterocycles. The normalized spacial score (nSPS) is 11.9. The molecule has 0 aliphatic carbocycles. The summed E-state index contributed by atoms with van der Waals surface area (Å²) in [6.07, 6.45) is -1.49. The summed E-state index contributed by atoms with van der Waals surface area (Å²) < 4.78 is 46.3. The van der Waals surface area contributed by atoms with Crippen LogP contribution >= 0.6 is 0 Å². The molecule has 0 atom stereocenters. The number of benzene rings is 2. The number of ether oxygens (including phenoxy) is 1. The lowest BCUT2D eigenvalue weighted by Crippen LogP contribution is -2.26. The maximum atomic E-state index is 13.0. The number of nitrogens with zero attached hydrogens (tertiary/aromatic N) is 2. The summed E-state index contributed by atoms with van der Waals surface area (Å²) in [5.41, 5.74) is 2.32. The molecule has 3 rings (SSSR count). The second-order valence-corrected chi connectivity index (χ2v) is 7.37. The van der Waals surface area contributed by atoms with Gasteiger partial charge in [-0.1, -0.05) is 42.5 Å². The Labute approximate surface area is 175 Å². The van der Waals surface area contributed by atoms with Gasteiger partial charge in [-0.15, -0.1) is 0 Å². The van der Waals surface area contributed by atoms with Gasteiger partial charge in [-0.05, 0) is 41.8 Å². The molecule has 1 aromatic heterocycles. The minimum atomic E-state index is -4.33. The zero-order chi connectivity index (χ0) is 21.4. The predicted octanol–water partition coefficient (Wildman–Crippen LogP) is 5.59. The largest absolute Gasteiger partial charge is 0.416 e. The number of halogens is 3. The van der Waals surface area contributed by atoms with E-state index in [1.807, 2.05) is 41.1 Å². The van der Waals surface area contributed by atoms with Crippen molar-refractivity contribution in [1.82, 2.24) is 9.47 Å². The Morgan fingerprint density at radius 2 is 1.67 bits per heavy atom. The third kappa shape index (κ3) is 6.47. The Bertz CT molecular complexity index is 906. The zero-order valence-electron chi connectivity index (χ0n) is 17.1. The van der Waals surface area contributed by atoms with Gasteiger partial charge >= 0.3 is 6.18 Å². The van der Waals surface area contributed by atoms with Crippen molar-refractivity contribution in [3.05, 3.63) is 95.3 Å². The fourth-order valence-electron chi connectivity index (χ4n) is 3.51. The van der Waals surface area contributed by atoms with Crippen LogP contribution in [0.25, 0.3) is 0 Å². The molecular formula is C24H27F3N2O. The van der Waals surface area contributed by atoms with Crippen LogP contribution in [-0.4, -0.2) is 29.7 Å². The van der Waals surface area contributed by atoms with Crippen LogP contribution < -0.4 is 0 Å². The van der Waals surface area contributed by atoms with E-state index in [-0.39, 0.29) is 0 Å². The molecule has 160 valence electrons. The molecule has 0 aliphatic rings. The molecule has 0 aliphatic heterocycles. The maximum Gasteiger partial charge on any atom is 0.416 e. The minimum Gasteiger partial charge on any atom is -0.385 e. The van der Waals surface area contributed by atoms with Crippen LogP contribution in [0.15, 0.2) is 72.9 Å². The van der Waals surface area contributed by atoms with Crippen LogP contribution in [0, 0.1) is 0 Å². The van der Waals surface area contributed by atoms with Crippen LogP contribution in [0.2, 0.25) is 0 Å². The van der Waals surface area contributed by atoms with E-state index >= 15 is 0 Å². The quantitative estimate of drug-likeness (QED) is 0.401. The van der Waals surface area contributed by atoms with E-state index in [9.17, 15) is 13.2 Å². The lowest BCUT2D eigenvalue weighted by molar-refractivity contribution is -0.137. The smallest absolute Gasteiger partial charge is 0.385 e. The highest BCUT2D eigenvalue weighted by Gasteiger charge is 2.30. The van der Waals surface area contributed by atoms with Crippen LogP contribution in [0.1, 0.15) is 28.8 Å². The molecule has 0 bridgehead atoms. The molecule has 3 aromatic rings. The minimum absolute atomic E-state index is 0.406. The van der Waals surface area contributed by atoms with E-state index in [0.717, 1.165) is 31.3 Å². The lowest BCUT2D eigenvalue weighted by atomic mass is 10.1. The summed E-state index contributed by atoms with van der Waals surface area (Å²) in [4.78, 5) is 2.34. The SMILES string of the molecule is COCCCN(Cc1ccccc1)Cc1cccn1Cc1cccc(C(F)(F)F)c1. The molecule has 0 saturated carbocycles. The van der Waals surface area contributed by atoms with E-state index < -0.39 is 11.7 Å². The standard InChI is InChI=1S/C24H27F3N2O/c1-30-15-7-13-28(17-20-8-3-2-4-9-20)19-23-12-6-14-29(23)18-21-10-5-11-22(16-21)24(25,26)27/h2-6,8-12,14,16H,7,13,15,17-19H2,1H3. The van der Waals surface area contributed by atoms with Gasteiger partial charge in [0.15, 0.2) is 0 Å². The van der Waals surface area contributed by atoms with Gasteiger partial charge < -0.3 is 9.30 Å². The molecule has 3 nitrogen and oxygen atoms in total. The second-order valence-electron chi connectivity index (χ2n) is 7.37. The van der Waals surface area contributed by atoms with Gasteiger partial charge in [0, 0.05) is 51.8 Å². The Morgan fingerprint density at radius 3 is 2.40 bits per heavy atom. The highest BCUT2D eigenvalue weighted by molar-refractivity contribution is 5.26.